The minimum absolute atomic E-state index is 0.734. The average molecular weight is 493 g/mol. The van der Waals surface area contributed by atoms with Gasteiger partial charge in [0.2, 0.25) is 0 Å². The van der Waals surface area contributed by atoms with Gasteiger partial charge in [0.15, 0.2) is 0 Å². The first-order valence-electron chi connectivity index (χ1n) is 12.2. The lowest BCUT2D eigenvalue weighted by atomic mass is 10.2. The Kier molecular flexibility index (Phi) is 7.96. The van der Waals surface area contributed by atoms with Gasteiger partial charge in [-0.2, -0.15) is 0 Å². The van der Waals surface area contributed by atoms with Gasteiger partial charge in [-0.1, -0.05) is 129 Å². The fourth-order valence-corrected chi connectivity index (χ4v) is 10.6. The highest BCUT2D eigenvalue weighted by atomic mass is 31.2. The van der Waals surface area contributed by atoms with Crippen molar-refractivity contribution in [3.8, 4) is 0 Å². The van der Waals surface area contributed by atoms with Crippen molar-refractivity contribution in [2.45, 2.75) is 19.8 Å². The second kappa shape index (κ2) is 11.7. The minimum atomic E-state index is -0.813. The molecule has 1 atom stereocenters. The summed E-state index contributed by atoms with van der Waals surface area (Å²) in [6.07, 6.45) is 4.25. The summed E-state index contributed by atoms with van der Waals surface area (Å²) in [5.74, 6) is 0. The minimum Gasteiger partial charge on any atom is -0.256 e. The Morgan fingerprint density at radius 3 is 1.71 bits per heavy atom. The van der Waals surface area contributed by atoms with Crippen molar-refractivity contribution in [2.24, 2.45) is 0 Å². The van der Waals surface area contributed by atoms with Gasteiger partial charge in [-0.25, -0.2) is 4.44 Å². The van der Waals surface area contributed by atoms with Crippen molar-refractivity contribution >= 4 is 48.3 Å². The van der Waals surface area contributed by atoms with Gasteiger partial charge >= 0.3 is 0 Å². The van der Waals surface area contributed by atoms with Crippen molar-refractivity contribution in [2.75, 3.05) is 6.54 Å². The number of para-hydroxylation sites is 1. The van der Waals surface area contributed by atoms with Crippen LogP contribution in [0.3, 0.4) is 0 Å². The molecule has 5 rings (SSSR count). The van der Waals surface area contributed by atoms with E-state index in [1.807, 2.05) is 12.3 Å². The molecule has 0 bridgehead atoms. The highest BCUT2D eigenvalue weighted by Crippen LogP contribution is 2.55. The van der Waals surface area contributed by atoms with Gasteiger partial charge in [0.1, 0.15) is 0 Å². The summed E-state index contributed by atoms with van der Waals surface area (Å²) in [5.41, 5.74) is 1.11. The van der Waals surface area contributed by atoms with E-state index in [0.29, 0.717) is 0 Å². The summed E-state index contributed by atoms with van der Waals surface area (Å²) in [6.45, 7) is 3.32. The second-order valence-corrected chi connectivity index (χ2v) is 13.0. The molecule has 0 aliphatic rings. The fourth-order valence-electron chi connectivity index (χ4n) is 4.37. The molecule has 1 unspecified atom stereocenters. The molecule has 2 nitrogen and oxygen atoms in total. The summed E-state index contributed by atoms with van der Waals surface area (Å²) in [7, 11) is -1.55. The van der Waals surface area contributed by atoms with Gasteiger partial charge in [0.05, 0.1) is 5.52 Å². The molecule has 0 fully saturated rings. The van der Waals surface area contributed by atoms with E-state index in [-0.39, 0.29) is 0 Å². The third-order valence-corrected chi connectivity index (χ3v) is 11.6. The van der Waals surface area contributed by atoms with Gasteiger partial charge in [-0.3, -0.25) is 4.98 Å². The number of fused-ring (bicyclic) bond motifs is 1. The van der Waals surface area contributed by atoms with Crippen LogP contribution in [0.2, 0.25) is 0 Å². The number of hydrogen-bond acceptors (Lipinski definition) is 2. The van der Waals surface area contributed by atoms with Gasteiger partial charge in [0, 0.05) is 39.6 Å². The lowest BCUT2D eigenvalue weighted by Gasteiger charge is -2.39. The molecule has 174 valence electrons. The molecule has 4 aromatic carbocycles. The van der Waals surface area contributed by atoms with Crippen LogP contribution in [0.4, 0.5) is 0 Å². The Balaban J connectivity index is 1.76. The van der Waals surface area contributed by atoms with Crippen LogP contribution in [0, 0.1) is 0 Å². The quantitative estimate of drug-likeness (QED) is 0.212. The predicted octanol–water partition coefficient (Wildman–Crippen LogP) is 6.73. The number of nitrogens with zero attached hydrogens (tertiary/aromatic N) is 2. The van der Waals surface area contributed by atoms with Gasteiger partial charge in [0.25, 0.3) is 0 Å². The van der Waals surface area contributed by atoms with Crippen molar-refractivity contribution in [3.63, 3.8) is 0 Å². The standard InChI is InChI=1S/C31H30N2P2/c1-2-3-25-33(34(27-17-7-4-8-18-27)28-19-9-5-10-20-28)35(29-21-11-6-12-22-29)30-23-13-15-26-16-14-24-32-31(26)30/h4-24H,2-3,25H2,1H3. The Morgan fingerprint density at radius 1 is 0.600 bits per heavy atom. The van der Waals surface area contributed by atoms with Crippen LogP contribution < -0.4 is 21.2 Å². The molecule has 4 heteroatoms. The highest BCUT2D eigenvalue weighted by Gasteiger charge is 2.32. The molecule has 1 heterocycles. The molecule has 0 amide bonds. The van der Waals surface area contributed by atoms with E-state index >= 15 is 0 Å². The number of aromatic nitrogens is 1. The Bertz CT molecular complexity index is 1300. The van der Waals surface area contributed by atoms with Crippen molar-refractivity contribution in [3.05, 3.63) is 128 Å². The van der Waals surface area contributed by atoms with Crippen LogP contribution in [0.25, 0.3) is 10.9 Å². The van der Waals surface area contributed by atoms with E-state index in [2.05, 4.69) is 127 Å². The topological polar surface area (TPSA) is 16.1 Å². The predicted molar refractivity (Wildman–Crippen MR) is 155 cm³/mol. The summed E-state index contributed by atoms with van der Waals surface area (Å²) in [5, 5.41) is 6.69. The van der Waals surface area contributed by atoms with Crippen molar-refractivity contribution in [1.82, 2.24) is 9.42 Å². The second-order valence-electron chi connectivity index (χ2n) is 8.43. The number of benzene rings is 4. The summed E-state index contributed by atoms with van der Waals surface area (Å²) in [4.78, 5) is 4.89. The maximum atomic E-state index is 4.89. The van der Waals surface area contributed by atoms with E-state index in [0.717, 1.165) is 24.9 Å². The Labute approximate surface area is 211 Å². The van der Waals surface area contributed by atoms with Gasteiger partial charge in [-0.15, -0.1) is 0 Å². The molecule has 0 radical (unpaired) electrons. The van der Waals surface area contributed by atoms with E-state index < -0.39 is 16.1 Å². The molecule has 5 aromatic rings. The molecule has 0 N–H and O–H groups in total. The molecule has 0 aliphatic carbocycles. The number of pyridine rings is 1. The van der Waals surface area contributed by atoms with Crippen molar-refractivity contribution in [1.29, 1.82) is 0 Å². The van der Waals surface area contributed by atoms with E-state index in [1.54, 1.807) is 0 Å². The number of unbranched alkanes of at least 4 members (excludes halogenated alkanes) is 1. The first kappa shape index (κ1) is 23.8. The smallest absolute Gasteiger partial charge is 0.0794 e. The molecule has 0 aliphatic heterocycles. The Hall–Kier alpha value is -2.89. The fraction of sp³-hybridized carbons (Fsp3) is 0.129. The van der Waals surface area contributed by atoms with Crippen LogP contribution in [0.15, 0.2) is 128 Å². The molecule has 0 spiro atoms. The van der Waals surface area contributed by atoms with Gasteiger partial charge in [-0.05, 0) is 28.4 Å². The third-order valence-electron chi connectivity index (χ3n) is 6.02. The van der Waals surface area contributed by atoms with Crippen LogP contribution >= 0.6 is 16.1 Å². The zero-order valence-electron chi connectivity index (χ0n) is 20.0. The first-order valence-corrected chi connectivity index (χ1v) is 14.8. The number of rotatable bonds is 9. The summed E-state index contributed by atoms with van der Waals surface area (Å²) in [6, 6.07) is 44.1. The van der Waals surface area contributed by atoms with Crippen LogP contribution in [-0.4, -0.2) is 16.0 Å². The molecule has 0 saturated carbocycles. The normalized spacial score (nSPS) is 12.3. The molecule has 0 saturated heterocycles. The SMILES string of the molecule is CCCCN(P(c1ccccc1)c1ccccc1)P(c1ccccc1)c1cccc2cccnc12. The zero-order chi connectivity index (χ0) is 23.9. The number of hydrogen-bond donors (Lipinski definition) is 0. The zero-order valence-corrected chi connectivity index (χ0v) is 21.8. The largest absolute Gasteiger partial charge is 0.256 e. The maximum Gasteiger partial charge on any atom is 0.0794 e. The average Bonchev–Trinajstić information content (AvgIpc) is 2.93. The first-order chi connectivity index (χ1) is 17.4. The van der Waals surface area contributed by atoms with Crippen LogP contribution in [0.1, 0.15) is 19.8 Å². The van der Waals surface area contributed by atoms with Crippen molar-refractivity contribution < 1.29 is 0 Å². The van der Waals surface area contributed by atoms with E-state index in [9.17, 15) is 0 Å². The van der Waals surface area contributed by atoms with Crippen LogP contribution in [0.5, 0.6) is 0 Å². The summed E-state index contributed by atoms with van der Waals surface area (Å²) < 4.78 is 2.82. The molecule has 1 aromatic heterocycles. The van der Waals surface area contributed by atoms with E-state index in [4.69, 9.17) is 4.98 Å². The Morgan fingerprint density at radius 2 is 1.14 bits per heavy atom. The van der Waals surface area contributed by atoms with Crippen LogP contribution in [-0.2, 0) is 0 Å². The monoisotopic (exact) mass is 492 g/mol. The molecule has 35 heavy (non-hydrogen) atoms. The van der Waals surface area contributed by atoms with Gasteiger partial charge < -0.3 is 0 Å². The highest BCUT2D eigenvalue weighted by molar-refractivity contribution is 7.84. The van der Waals surface area contributed by atoms with E-state index in [1.165, 1.54) is 26.6 Å². The lowest BCUT2D eigenvalue weighted by Crippen LogP contribution is -2.32. The summed E-state index contributed by atoms with van der Waals surface area (Å²) >= 11 is 0. The molecular formula is C31H30N2P2. The third kappa shape index (κ3) is 5.36. The maximum absolute atomic E-state index is 4.89. The molecular weight excluding hydrogens is 462 g/mol. The lowest BCUT2D eigenvalue weighted by molar-refractivity contribution is 0.646.